The topological polar surface area (TPSA) is 29.1 Å². The number of carbonyl (C=O) groups is 1. The molecule has 0 aliphatic carbocycles. The van der Waals surface area contributed by atoms with Gasteiger partial charge in [-0.05, 0) is 47.5 Å². The molecule has 0 heterocycles. The van der Waals surface area contributed by atoms with Crippen LogP contribution in [0.15, 0.2) is 0 Å². The fourth-order valence-corrected chi connectivity index (χ4v) is 2.27. The van der Waals surface area contributed by atoms with E-state index in [1.165, 1.54) is 31.4 Å². The van der Waals surface area contributed by atoms with Crippen LogP contribution < -0.4 is 5.32 Å². The summed E-state index contributed by atoms with van der Waals surface area (Å²) in [6.07, 6.45) is 8.28. The molecule has 1 amide bonds. The molecule has 0 fully saturated rings. The number of carbonyl (C=O) groups excluding carboxylic acids is 1. The Bertz CT molecular complexity index is 319. The normalized spacial score (nSPS) is 11.7. The minimum atomic E-state index is 0.0748. The quantitative estimate of drug-likeness (QED) is 0.475. The molecule has 0 aromatic heterocycles. The highest BCUT2D eigenvalue weighted by Gasteiger charge is 2.08. The van der Waals surface area contributed by atoms with Crippen LogP contribution in [0.1, 0.15) is 108 Å². The van der Waals surface area contributed by atoms with Crippen molar-refractivity contribution in [3.8, 4) is 0 Å². The van der Waals surface area contributed by atoms with E-state index >= 15 is 0 Å². The first kappa shape index (κ1) is 30.5. The van der Waals surface area contributed by atoms with Gasteiger partial charge in [-0.2, -0.15) is 11.8 Å². The van der Waals surface area contributed by atoms with Crippen LogP contribution in [0, 0.1) is 16.2 Å². The Morgan fingerprint density at radius 1 is 0.808 bits per heavy atom. The third-order valence-corrected chi connectivity index (χ3v) is 4.46. The van der Waals surface area contributed by atoms with Gasteiger partial charge in [0.15, 0.2) is 0 Å². The Hall–Kier alpha value is -0.180. The fraction of sp³-hybridized carbons (Fsp3) is 0.957. The summed E-state index contributed by atoms with van der Waals surface area (Å²) in [4.78, 5) is 10.5. The first-order valence-corrected chi connectivity index (χ1v) is 11.7. The monoisotopic (exact) mass is 389 g/mol. The number of amides is 1. The highest BCUT2D eigenvalue weighted by molar-refractivity contribution is 7.98. The fourth-order valence-electron chi connectivity index (χ4n) is 1.45. The maximum absolute atomic E-state index is 10.5. The first-order chi connectivity index (χ1) is 11.5. The van der Waals surface area contributed by atoms with Crippen molar-refractivity contribution >= 4 is 17.7 Å². The van der Waals surface area contributed by atoms with E-state index in [4.69, 9.17) is 0 Å². The standard InChI is InChI=1S/C10H21NO.C7H16S.C6H14/c1-9(12)11-8-6-5-7-10(2,3)4;1-7(2,3)5-6-8-4;1-5-6(2,3)4/h5-8H2,1-4H3,(H,11,12);5-6H2,1-4H3;5H2,1-4H3. The lowest BCUT2D eigenvalue weighted by molar-refractivity contribution is -0.118. The molecule has 0 radical (unpaired) electrons. The minimum absolute atomic E-state index is 0.0748. The average molecular weight is 390 g/mol. The van der Waals surface area contributed by atoms with Gasteiger partial charge in [0.25, 0.3) is 0 Å². The van der Waals surface area contributed by atoms with E-state index in [0.717, 1.165) is 13.0 Å². The summed E-state index contributed by atoms with van der Waals surface area (Å²) in [6.45, 7) is 24.9. The van der Waals surface area contributed by atoms with Crippen molar-refractivity contribution in [2.45, 2.75) is 108 Å². The van der Waals surface area contributed by atoms with Crippen molar-refractivity contribution in [1.29, 1.82) is 0 Å². The molecule has 160 valence electrons. The number of hydrogen-bond acceptors (Lipinski definition) is 2. The predicted octanol–water partition coefficient (Wildman–Crippen LogP) is 7.57. The van der Waals surface area contributed by atoms with Crippen molar-refractivity contribution in [2.24, 2.45) is 16.2 Å². The van der Waals surface area contributed by atoms with Crippen molar-refractivity contribution in [3.63, 3.8) is 0 Å². The van der Waals surface area contributed by atoms with E-state index in [0.29, 0.717) is 16.2 Å². The Morgan fingerprint density at radius 3 is 1.46 bits per heavy atom. The summed E-state index contributed by atoms with van der Waals surface area (Å²) < 4.78 is 0. The first-order valence-electron chi connectivity index (χ1n) is 10.3. The lowest BCUT2D eigenvalue weighted by Crippen LogP contribution is -2.21. The second-order valence-electron chi connectivity index (χ2n) is 10.7. The van der Waals surface area contributed by atoms with Gasteiger partial charge in [0.1, 0.15) is 0 Å². The second kappa shape index (κ2) is 15.8. The second-order valence-corrected chi connectivity index (χ2v) is 11.7. The molecule has 0 unspecified atom stereocenters. The third kappa shape index (κ3) is 43.8. The molecule has 3 heteroatoms. The number of nitrogens with one attached hydrogen (secondary N) is 1. The molecule has 0 spiro atoms. The SMILES string of the molecule is CC(=O)NCCCCC(C)(C)C.CCC(C)(C)C.CSCCC(C)(C)C. The van der Waals surface area contributed by atoms with Gasteiger partial charge in [-0.3, -0.25) is 4.79 Å². The molecule has 0 aliphatic rings. The number of thioether (sulfide) groups is 1. The van der Waals surface area contributed by atoms with Gasteiger partial charge in [-0.1, -0.05) is 82.1 Å². The van der Waals surface area contributed by atoms with Crippen molar-refractivity contribution in [2.75, 3.05) is 18.6 Å². The summed E-state index contributed by atoms with van der Waals surface area (Å²) >= 11 is 1.93. The van der Waals surface area contributed by atoms with E-state index in [1.807, 2.05) is 11.8 Å². The Kier molecular flexibility index (Phi) is 18.6. The van der Waals surface area contributed by atoms with E-state index < -0.39 is 0 Å². The minimum Gasteiger partial charge on any atom is -0.356 e. The highest BCUT2D eigenvalue weighted by Crippen LogP contribution is 2.21. The van der Waals surface area contributed by atoms with Crippen LogP contribution in [0.5, 0.6) is 0 Å². The lowest BCUT2D eigenvalue weighted by Gasteiger charge is -2.17. The molecular weight excluding hydrogens is 338 g/mol. The van der Waals surface area contributed by atoms with Gasteiger partial charge in [0, 0.05) is 13.5 Å². The number of unbranched alkanes of at least 4 members (excludes halogenated alkanes) is 1. The number of rotatable bonds is 6. The molecule has 0 saturated heterocycles. The Labute approximate surface area is 171 Å². The van der Waals surface area contributed by atoms with Gasteiger partial charge >= 0.3 is 0 Å². The molecule has 1 N–H and O–H groups in total. The van der Waals surface area contributed by atoms with Crippen molar-refractivity contribution in [3.05, 3.63) is 0 Å². The molecule has 2 nitrogen and oxygen atoms in total. The van der Waals surface area contributed by atoms with Gasteiger partial charge in [-0.25, -0.2) is 0 Å². The summed E-state index contributed by atoms with van der Waals surface area (Å²) in [5.41, 5.74) is 1.50. The maximum atomic E-state index is 10.5. The van der Waals surface area contributed by atoms with E-state index in [9.17, 15) is 4.79 Å². The smallest absolute Gasteiger partial charge is 0.216 e. The van der Waals surface area contributed by atoms with Crippen LogP contribution in [0.4, 0.5) is 0 Å². The zero-order chi connectivity index (χ0) is 21.4. The number of hydrogen-bond donors (Lipinski definition) is 1. The molecular formula is C23H51NOS. The summed E-state index contributed by atoms with van der Waals surface area (Å²) in [7, 11) is 0. The average Bonchev–Trinajstić information content (AvgIpc) is 2.43. The van der Waals surface area contributed by atoms with Crippen LogP contribution in [0.25, 0.3) is 0 Å². The Balaban J connectivity index is -0.000000328. The molecule has 26 heavy (non-hydrogen) atoms. The van der Waals surface area contributed by atoms with Gasteiger partial charge in [0.05, 0.1) is 0 Å². The Morgan fingerprint density at radius 2 is 1.23 bits per heavy atom. The molecule has 0 aliphatic heterocycles. The van der Waals surface area contributed by atoms with Gasteiger partial charge in [-0.15, -0.1) is 0 Å². The van der Waals surface area contributed by atoms with E-state index in [-0.39, 0.29) is 5.91 Å². The molecule has 0 bridgehead atoms. The van der Waals surface area contributed by atoms with Crippen LogP contribution in [0.3, 0.4) is 0 Å². The summed E-state index contributed by atoms with van der Waals surface area (Å²) in [5.74, 6) is 1.37. The molecule has 0 aromatic carbocycles. The highest BCUT2D eigenvalue weighted by atomic mass is 32.2. The molecule has 0 rings (SSSR count). The van der Waals surface area contributed by atoms with Crippen molar-refractivity contribution in [1.82, 2.24) is 5.32 Å². The van der Waals surface area contributed by atoms with Crippen LogP contribution in [-0.2, 0) is 4.79 Å². The zero-order valence-electron chi connectivity index (χ0n) is 20.3. The summed E-state index contributed by atoms with van der Waals surface area (Å²) in [5, 5.41) is 2.79. The molecule has 0 aromatic rings. The van der Waals surface area contributed by atoms with Crippen LogP contribution in [0.2, 0.25) is 0 Å². The van der Waals surface area contributed by atoms with Crippen LogP contribution >= 0.6 is 11.8 Å². The maximum Gasteiger partial charge on any atom is 0.216 e. The zero-order valence-corrected chi connectivity index (χ0v) is 21.1. The predicted molar refractivity (Wildman–Crippen MR) is 124 cm³/mol. The summed E-state index contributed by atoms with van der Waals surface area (Å²) in [6, 6.07) is 0. The molecule has 0 saturated carbocycles. The van der Waals surface area contributed by atoms with Crippen molar-refractivity contribution < 1.29 is 4.79 Å². The van der Waals surface area contributed by atoms with Gasteiger partial charge < -0.3 is 5.32 Å². The van der Waals surface area contributed by atoms with E-state index in [2.05, 4.69) is 80.8 Å². The van der Waals surface area contributed by atoms with Gasteiger partial charge in [0.2, 0.25) is 5.91 Å². The molecule has 0 atom stereocenters. The van der Waals surface area contributed by atoms with E-state index in [1.54, 1.807) is 6.92 Å². The third-order valence-electron chi connectivity index (χ3n) is 3.84. The van der Waals surface area contributed by atoms with Crippen LogP contribution in [-0.4, -0.2) is 24.5 Å². The lowest BCUT2D eigenvalue weighted by atomic mass is 9.90. The largest absolute Gasteiger partial charge is 0.356 e.